The van der Waals surface area contributed by atoms with Crippen LogP contribution in [0.5, 0.6) is 0 Å². The number of carbonyl (C=O) groups excluding carboxylic acids is 1. The van der Waals surface area contributed by atoms with Gasteiger partial charge < -0.3 is 20.1 Å². The summed E-state index contributed by atoms with van der Waals surface area (Å²) < 4.78 is 0. The number of piperazine rings is 1. The van der Waals surface area contributed by atoms with Crippen molar-refractivity contribution in [2.75, 3.05) is 43.4 Å². The number of aromatic amines is 2. The summed E-state index contributed by atoms with van der Waals surface area (Å²) in [5.41, 5.74) is 6.71. The number of nitrogens with one attached hydrogen (secondary N) is 3. The van der Waals surface area contributed by atoms with Crippen molar-refractivity contribution in [3.63, 3.8) is 0 Å². The summed E-state index contributed by atoms with van der Waals surface area (Å²) in [6, 6.07) is 10.1. The molecule has 39 heavy (non-hydrogen) atoms. The summed E-state index contributed by atoms with van der Waals surface area (Å²) in [7, 11) is 2.16. The zero-order valence-electron chi connectivity index (χ0n) is 22.7. The molecule has 0 atom stereocenters. The predicted octanol–water partition coefficient (Wildman–Crippen LogP) is 4.69. The maximum atomic E-state index is 12.4. The maximum Gasteiger partial charge on any atom is 0.224 e. The zero-order chi connectivity index (χ0) is 27.1. The first-order valence-corrected chi connectivity index (χ1v) is 13.3. The van der Waals surface area contributed by atoms with E-state index in [0.717, 1.165) is 70.8 Å². The van der Waals surface area contributed by atoms with E-state index in [-0.39, 0.29) is 11.3 Å². The number of nitrogens with zero attached hydrogens (tertiary/aromatic N) is 6. The number of hydrogen-bond acceptors (Lipinski definition) is 7. The lowest BCUT2D eigenvalue weighted by molar-refractivity contribution is -0.117. The van der Waals surface area contributed by atoms with E-state index in [2.05, 4.69) is 65.5 Å². The number of aromatic nitrogens is 6. The van der Waals surface area contributed by atoms with Crippen molar-refractivity contribution < 1.29 is 4.79 Å². The van der Waals surface area contributed by atoms with Gasteiger partial charge in [-0.15, -0.1) is 0 Å². The van der Waals surface area contributed by atoms with Gasteiger partial charge in [-0.1, -0.05) is 26.8 Å². The van der Waals surface area contributed by atoms with Crippen LogP contribution in [0.15, 0.2) is 48.9 Å². The van der Waals surface area contributed by atoms with Crippen molar-refractivity contribution in [2.24, 2.45) is 5.41 Å². The lowest BCUT2D eigenvalue weighted by Gasteiger charge is -2.34. The third kappa shape index (κ3) is 5.20. The van der Waals surface area contributed by atoms with Gasteiger partial charge >= 0.3 is 0 Å². The summed E-state index contributed by atoms with van der Waals surface area (Å²) in [6.07, 6.45) is 5.59. The van der Waals surface area contributed by atoms with Crippen molar-refractivity contribution in [3.05, 3.63) is 48.9 Å². The van der Waals surface area contributed by atoms with Gasteiger partial charge in [0.25, 0.3) is 0 Å². The molecule has 0 unspecified atom stereocenters. The van der Waals surface area contributed by atoms with Crippen LogP contribution in [0.4, 0.5) is 11.4 Å². The molecular weight excluding hydrogens is 490 g/mol. The molecule has 1 saturated heterocycles. The number of fused-ring (bicyclic) bond motifs is 2. The number of imidazole rings is 1. The third-order valence-corrected chi connectivity index (χ3v) is 7.02. The first kappa shape index (κ1) is 25.0. The topological polar surface area (TPSA) is 119 Å². The second-order valence-corrected chi connectivity index (χ2v) is 11.5. The lowest BCUT2D eigenvalue weighted by atomic mass is 9.92. The molecule has 10 heteroatoms. The fourth-order valence-electron chi connectivity index (χ4n) is 5.02. The number of pyridine rings is 2. The van der Waals surface area contributed by atoms with Gasteiger partial charge in [-0.2, -0.15) is 5.10 Å². The minimum atomic E-state index is -0.0959. The highest BCUT2D eigenvalue weighted by molar-refractivity contribution is 5.97. The molecule has 6 rings (SSSR count). The highest BCUT2D eigenvalue weighted by Gasteiger charge is 2.20. The quantitative estimate of drug-likeness (QED) is 0.306. The van der Waals surface area contributed by atoms with Crippen molar-refractivity contribution >= 4 is 39.2 Å². The van der Waals surface area contributed by atoms with Crippen LogP contribution in [0.1, 0.15) is 27.2 Å². The number of H-pyrrole nitrogens is 2. The van der Waals surface area contributed by atoms with Gasteiger partial charge in [-0.25, -0.2) is 4.98 Å². The van der Waals surface area contributed by atoms with Crippen LogP contribution >= 0.6 is 0 Å². The average molecular weight is 524 g/mol. The van der Waals surface area contributed by atoms with Crippen LogP contribution in [-0.2, 0) is 4.79 Å². The number of benzene rings is 1. The Kier molecular flexibility index (Phi) is 6.26. The number of carbonyl (C=O) groups is 1. The van der Waals surface area contributed by atoms with Crippen LogP contribution in [0.3, 0.4) is 0 Å². The number of rotatable bonds is 5. The van der Waals surface area contributed by atoms with Gasteiger partial charge in [0.2, 0.25) is 5.91 Å². The van der Waals surface area contributed by atoms with E-state index in [1.165, 1.54) is 0 Å². The van der Waals surface area contributed by atoms with Gasteiger partial charge in [0, 0.05) is 49.7 Å². The number of para-hydroxylation sites is 1. The lowest BCUT2D eigenvalue weighted by Crippen LogP contribution is -2.44. The van der Waals surface area contributed by atoms with Crippen molar-refractivity contribution in [1.82, 2.24) is 35.0 Å². The molecule has 3 N–H and O–H groups in total. The number of likely N-dealkylation sites (N-methyl/N-ethyl adjacent to an activating group) is 1. The van der Waals surface area contributed by atoms with Crippen molar-refractivity contribution in [2.45, 2.75) is 27.2 Å². The smallest absolute Gasteiger partial charge is 0.224 e. The molecule has 1 aliphatic rings. The van der Waals surface area contributed by atoms with E-state index in [9.17, 15) is 4.79 Å². The van der Waals surface area contributed by atoms with Crippen LogP contribution in [0.25, 0.3) is 44.7 Å². The second-order valence-electron chi connectivity index (χ2n) is 11.5. The summed E-state index contributed by atoms with van der Waals surface area (Å²) >= 11 is 0. The molecule has 10 nitrogen and oxygen atoms in total. The summed E-state index contributed by atoms with van der Waals surface area (Å²) in [6.45, 7) is 10.1. The summed E-state index contributed by atoms with van der Waals surface area (Å²) in [5.74, 6) is 0.666. The maximum absolute atomic E-state index is 12.4. The Morgan fingerprint density at radius 2 is 1.87 bits per heavy atom. The first-order chi connectivity index (χ1) is 18.7. The number of anilines is 2. The van der Waals surface area contributed by atoms with E-state index < -0.39 is 0 Å². The normalized spacial score (nSPS) is 14.8. The van der Waals surface area contributed by atoms with Crippen molar-refractivity contribution in [1.29, 1.82) is 0 Å². The van der Waals surface area contributed by atoms with Crippen LogP contribution in [0, 0.1) is 5.41 Å². The van der Waals surface area contributed by atoms with Crippen LogP contribution in [-0.4, -0.2) is 74.2 Å². The molecule has 0 saturated carbocycles. The Morgan fingerprint density at radius 1 is 1.05 bits per heavy atom. The van der Waals surface area contributed by atoms with Gasteiger partial charge in [0.05, 0.1) is 40.5 Å². The number of hydrogen-bond donors (Lipinski definition) is 3. The Hall–Kier alpha value is -4.31. The molecule has 4 aromatic heterocycles. The van der Waals surface area contributed by atoms with Gasteiger partial charge in [-0.05, 0) is 36.7 Å². The van der Waals surface area contributed by atoms with Crippen LogP contribution < -0.4 is 10.2 Å². The van der Waals surface area contributed by atoms with Crippen LogP contribution in [0.2, 0.25) is 0 Å². The summed E-state index contributed by atoms with van der Waals surface area (Å²) in [5, 5.41) is 11.5. The molecule has 5 heterocycles. The van der Waals surface area contributed by atoms with E-state index in [0.29, 0.717) is 17.9 Å². The Bertz CT molecular complexity index is 1650. The Morgan fingerprint density at radius 3 is 2.67 bits per heavy atom. The Balaban J connectivity index is 1.32. The fourth-order valence-corrected chi connectivity index (χ4v) is 5.02. The fraction of sp³-hybridized carbons (Fsp3) is 0.345. The molecule has 0 bridgehead atoms. The van der Waals surface area contributed by atoms with E-state index in [1.54, 1.807) is 18.6 Å². The van der Waals surface area contributed by atoms with Gasteiger partial charge in [-0.3, -0.25) is 19.9 Å². The standard InChI is InChI=1S/C29H33N9O/c1-29(2,3)14-25(39)32-19-12-18(15-30-16-19)22-13-20-23(17-31-22)35-36-26(20)28-33-21-6-5-7-24(27(21)34-28)38-10-8-37(4)9-11-38/h5-7,12-13,15-17H,8-11,14H2,1-4H3,(H,32,39)(H,33,34)(H,35,36). The molecule has 5 aromatic rings. The highest BCUT2D eigenvalue weighted by Crippen LogP contribution is 2.32. The molecular formula is C29H33N9O. The van der Waals surface area contributed by atoms with Crippen molar-refractivity contribution in [3.8, 4) is 22.8 Å². The summed E-state index contributed by atoms with van der Waals surface area (Å²) in [4.78, 5) is 34.6. The Labute approximate surface area is 226 Å². The predicted molar refractivity (Wildman–Crippen MR) is 155 cm³/mol. The second kappa shape index (κ2) is 9.77. The SMILES string of the molecule is CN1CCN(c2cccc3[nH]c(-c4n[nH]c5cnc(-c6cncc(NC(=O)CC(C)(C)C)c6)cc45)nc23)CC1. The highest BCUT2D eigenvalue weighted by atomic mass is 16.1. The minimum Gasteiger partial charge on any atom is -0.367 e. The van der Waals surface area contributed by atoms with E-state index >= 15 is 0 Å². The molecule has 0 spiro atoms. The number of amides is 1. The third-order valence-electron chi connectivity index (χ3n) is 7.02. The largest absolute Gasteiger partial charge is 0.367 e. The molecule has 200 valence electrons. The monoisotopic (exact) mass is 523 g/mol. The molecule has 0 aliphatic carbocycles. The van der Waals surface area contributed by atoms with E-state index in [4.69, 9.17) is 4.98 Å². The minimum absolute atomic E-state index is 0.0391. The zero-order valence-corrected chi connectivity index (χ0v) is 22.7. The molecule has 0 radical (unpaired) electrons. The molecule has 1 aromatic carbocycles. The molecule has 1 aliphatic heterocycles. The van der Waals surface area contributed by atoms with Gasteiger partial charge in [0.15, 0.2) is 5.82 Å². The average Bonchev–Trinajstić information content (AvgIpc) is 3.52. The molecule has 1 amide bonds. The first-order valence-electron chi connectivity index (χ1n) is 13.3. The van der Waals surface area contributed by atoms with E-state index in [1.807, 2.05) is 32.9 Å². The molecule has 1 fully saturated rings. The van der Waals surface area contributed by atoms with Gasteiger partial charge in [0.1, 0.15) is 11.2 Å².